The lowest BCUT2D eigenvalue weighted by Crippen LogP contribution is -1.98. The number of halogens is 1. The first-order valence-electron chi connectivity index (χ1n) is 5.60. The molecular formula is C14H11FN2O. The van der Waals surface area contributed by atoms with E-state index in [1.54, 1.807) is 36.8 Å². The van der Waals surface area contributed by atoms with Crippen LogP contribution in [-0.4, -0.2) is 15.1 Å². The second-order valence-electron chi connectivity index (χ2n) is 4.12. The summed E-state index contributed by atoms with van der Waals surface area (Å²) < 4.78 is 13.3. The Labute approximate surface area is 103 Å². The Hall–Kier alpha value is -2.20. The third kappa shape index (κ3) is 1.76. The zero-order valence-electron chi connectivity index (χ0n) is 9.47. The largest absolute Gasteiger partial charge is 0.384 e. The molecule has 1 atom stereocenters. The number of nitrogens with one attached hydrogen (secondary N) is 1. The number of aromatic nitrogens is 2. The number of hydrogen-bond donors (Lipinski definition) is 2. The summed E-state index contributed by atoms with van der Waals surface area (Å²) in [7, 11) is 0. The summed E-state index contributed by atoms with van der Waals surface area (Å²) in [5.74, 6) is -0.315. The lowest BCUT2D eigenvalue weighted by molar-refractivity contribution is 0.222. The van der Waals surface area contributed by atoms with Crippen molar-refractivity contribution in [1.29, 1.82) is 0 Å². The number of benzene rings is 1. The van der Waals surface area contributed by atoms with Crippen LogP contribution in [0.1, 0.15) is 17.2 Å². The van der Waals surface area contributed by atoms with Crippen LogP contribution in [0, 0.1) is 5.82 Å². The van der Waals surface area contributed by atoms with Crippen LogP contribution < -0.4 is 0 Å². The molecule has 3 aromatic rings. The van der Waals surface area contributed by atoms with Crippen LogP contribution in [0.15, 0.2) is 48.9 Å². The van der Waals surface area contributed by atoms with Crippen LogP contribution in [0.2, 0.25) is 0 Å². The molecule has 0 bridgehead atoms. The molecule has 0 amide bonds. The van der Waals surface area contributed by atoms with Crippen LogP contribution in [0.5, 0.6) is 0 Å². The third-order valence-corrected chi connectivity index (χ3v) is 2.99. The number of rotatable bonds is 2. The molecule has 0 aliphatic heterocycles. The van der Waals surface area contributed by atoms with Gasteiger partial charge in [-0.25, -0.2) is 4.39 Å². The maximum atomic E-state index is 13.3. The highest BCUT2D eigenvalue weighted by Gasteiger charge is 2.15. The second-order valence-corrected chi connectivity index (χ2v) is 4.12. The first-order valence-corrected chi connectivity index (χ1v) is 5.60. The van der Waals surface area contributed by atoms with E-state index in [1.165, 1.54) is 12.1 Å². The Balaban J connectivity index is 2.12. The number of nitrogens with zero attached hydrogens (tertiary/aromatic N) is 1. The maximum absolute atomic E-state index is 13.3. The highest BCUT2D eigenvalue weighted by Crippen LogP contribution is 2.28. The molecule has 1 aromatic carbocycles. The van der Waals surface area contributed by atoms with Crippen molar-refractivity contribution >= 4 is 10.9 Å². The molecule has 0 fully saturated rings. The monoisotopic (exact) mass is 242 g/mol. The average Bonchev–Trinajstić information content (AvgIpc) is 2.82. The van der Waals surface area contributed by atoms with E-state index in [4.69, 9.17) is 0 Å². The number of pyridine rings is 1. The highest BCUT2D eigenvalue weighted by molar-refractivity contribution is 5.84. The van der Waals surface area contributed by atoms with Crippen LogP contribution in [0.3, 0.4) is 0 Å². The number of aromatic amines is 1. The van der Waals surface area contributed by atoms with Gasteiger partial charge in [0.1, 0.15) is 11.9 Å². The van der Waals surface area contributed by atoms with Gasteiger partial charge >= 0.3 is 0 Å². The van der Waals surface area contributed by atoms with Gasteiger partial charge in [-0.2, -0.15) is 0 Å². The van der Waals surface area contributed by atoms with Crippen molar-refractivity contribution in [2.45, 2.75) is 6.10 Å². The van der Waals surface area contributed by atoms with Crippen molar-refractivity contribution in [2.75, 3.05) is 0 Å². The predicted molar refractivity (Wildman–Crippen MR) is 66.6 cm³/mol. The third-order valence-electron chi connectivity index (χ3n) is 2.99. The Bertz CT molecular complexity index is 679. The van der Waals surface area contributed by atoms with Crippen LogP contribution in [-0.2, 0) is 0 Å². The summed E-state index contributed by atoms with van der Waals surface area (Å²) >= 11 is 0. The molecule has 2 aromatic heterocycles. The molecule has 3 rings (SSSR count). The molecule has 2 N–H and O–H groups in total. The fraction of sp³-hybridized carbons (Fsp3) is 0.0714. The summed E-state index contributed by atoms with van der Waals surface area (Å²) in [5, 5.41) is 11.0. The summed E-state index contributed by atoms with van der Waals surface area (Å²) in [6.07, 6.45) is 4.15. The first kappa shape index (κ1) is 10.9. The summed E-state index contributed by atoms with van der Waals surface area (Å²) in [5.41, 5.74) is 2.20. The van der Waals surface area contributed by atoms with E-state index >= 15 is 0 Å². The summed E-state index contributed by atoms with van der Waals surface area (Å²) in [6, 6.07) is 7.95. The molecular weight excluding hydrogens is 231 g/mol. The zero-order valence-corrected chi connectivity index (χ0v) is 9.47. The maximum Gasteiger partial charge on any atom is 0.123 e. The van der Waals surface area contributed by atoms with Crippen molar-refractivity contribution in [3.05, 3.63) is 65.9 Å². The molecule has 0 aliphatic carbocycles. The molecule has 0 aliphatic rings. The molecule has 18 heavy (non-hydrogen) atoms. The zero-order chi connectivity index (χ0) is 12.5. The van der Waals surface area contributed by atoms with E-state index in [2.05, 4.69) is 9.97 Å². The molecule has 3 nitrogen and oxygen atoms in total. The fourth-order valence-electron chi connectivity index (χ4n) is 2.07. The van der Waals surface area contributed by atoms with Gasteiger partial charge in [0.2, 0.25) is 0 Å². The van der Waals surface area contributed by atoms with Gasteiger partial charge in [-0.05, 0) is 35.9 Å². The lowest BCUT2D eigenvalue weighted by Gasteiger charge is -2.09. The highest BCUT2D eigenvalue weighted by atomic mass is 19.1. The van der Waals surface area contributed by atoms with Gasteiger partial charge in [0.05, 0.1) is 0 Å². The molecule has 0 saturated carbocycles. The van der Waals surface area contributed by atoms with Crippen molar-refractivity contribution in [2.24, 2.45) is 0 Å². The topological polar surface area (TPSA) is 48.9 Å². The quantitative estimate of drug-likeness (QED) is 0.726. The van der Waals surface area contributed by atoms with E-state index in [1.807, 2.05) is 0 Å². The first-order chi connectivity index (χ1) is 8.75. The van der Waals surface area contributed by atoms with Gasteiger partial charge in [0.25, 0.3) is 0 Å². The minimum Gasteiger partial charge on any atom is -0.384 e. The Morgan fingerprint density at radius 2 is 1.94 bits per heavy atom. The van der Waals surface area contributed by atoms with E-state index in [9.17, 15) is 9.50 Å². The van der Waals surface area contributed by atoms with E-state index in [0.717, 1.165) is 11.1 Å². The summed E-state index contributed by atoms with van der Waals surface area (Å²) in [6.45, 7) is 0. The number of aliphatic hydroxyl groups excluding tert-OH is 1. The molecule has 0 spiro atoms. The van der Waals surface area contributed by atoms with Crippen molar-refractivity contribution in [3.8, 4) is 0 Å². The molecule has 90 valence electrons. The molecule has 4 heteroatoms. The van der Waals surface area contributed by atoms with Gasteiger partial charge in [-0.1, -0.05) is 0 Å². The van der Waals surface area contributed by atoms with Gasteiger partial charge in [-0.3, -0.25) is 4.98 Å². The van der Waals surface area contributed by atoms with Crippen molar-refractivity contribution in [1.82, 2.24) is 9.97 Å². The van der Waals surface area contributed by atoms with Crippen LogP contribution in [0.25, 0.3) is 10.9 Å². The minimum atomic E-state index is -0.788. The lowest BCUT2D eigenvalue weighted by atomic mass is 10.0. The minimum absolute atomic E-state index is 0.315. The molecule has 2 heterocycles. The standard InChI is InChI=1S/C14H11FN2O/c15-10-1-2-13-11(7-10)12(8-17-13)14(18)9-3-5-16-6-4-9/h1-8,14,17-18H. The average molecular weight is 242 g/mol. The Kier molecular flexibility index (Phi) is 2.57. The Morgan fingerprint density at radius 1 is 1.17 bits per heavy atom. The molecule has 0 saturated heterocycles. The van der Waals surface area contributed by atoms with Gasteiger partial charge < -0.3 is 10.1 Å². The number of aliphatic hydroxyl groups is 1. The number of H-pyrrole nitrogens is 1. The Morgan fingerprint density at radius 3 is 2.72 bits per heavy atom. The van der Waals surface area contributed by atoms with E-state index < -0.39 is 6.10 Å². The smallest absolute Gasteiger partial charge is 0.123 e. The second kappa shape index (κ2) is 4.23. The van der Waals surface area contributed by atoms with Gasteiger partial charge in [-0.15, -0.1) is 0 Å². The SMILES string of the molecule is OC(c1ccncc1)c1c[nH]c2ccc(F)cc12. The normalized spacial score (nSPS) is 12.8. The number of hydrogen-bond acceptors (Lipinski definition) is 2. The van der Waals surface area contributed by atoms with Crippen LogP contribution in [0.4, 0.5) is 4.39 Å². The van der Waals surface area contributed by atoms with Crippen molar-refractivity contribution in [3.63, 3.8) is 0 Å². The van der Waals surface area contributed by atoms with Gasteiger partial charge in [0, 0.05) is 35.1 Å². The summed E-state index contributed by atoms with van der Waals surface area (Å²) in [4.78, 5) is 6.93. The van der Waals surface area contributed by atoms with Crippen LogP contribution >= 0.6 is 0 Å². The predicted octanol–water partition coefficient (Wildman–Crippen LogP) is 2.78. The molecule has 1 unspecified atom stereocenters. The fourth-order valence-corrected chi connectivity index (χ4v) is 2.07. The molecule has 0 radical (unpaired) electrons. The number of fused-ring (bicyclic) bond motifs is 1. The van der Waals surface area contributed by atoms with Crippen molar-refractivity contribution < 1.29 is 9.50 Å². The van der Waals surface area contributed by atoms with E-state index in [-0.39, 0.29) is 5.82 Å². The van der Waals surface area contributed by atoms with E-state index in [0.29, 0.717) is 10.9 Å². The van der Waals surface area contributed by atoms with Gasteiger partial charge in [0.15, 0.2) is 0 Å².